The average molecular weight is 244 g/mol. The van der Waals surface area contributed by atoms with Gasteiger partial charge in [-0.25, -0.2) is 4.79 Å². The summed E-state index contributed by atoms with van der Waals surface area (Å²) < 4.78 is 5.19. The summed E-state index contributed by atoms with van der Waals surface area (Å²) >= 11 is 0. The fraction of sp³-hybridized carbons (Fsp3) is 0.818. The second kappa shape index (κ2) is 6.44. The van der Waals surface area contributed by atoms with E-state index in [-0.39, 0.29) is 12.1 Å². The summed E-state index contributed by atoms with van der Waals surface area (Å²) in [7, 11) is 0. The number of likely N-dealkylation sites (tertiary alicyclic amines) is 1. The van der Waals surface area contributed by atoms with Crippen molar-refractivity contribution < 1.29 is 19.4 Å². The Morgan fingerprint density at radius 1 is 1.59 bits per heavy atom. The van der Waals surface area contributed by atoms with E-state index in [1.165, 1.54) is 0 Å². The molecule has 2 N–H and O–H groups in total. The highest BCUT2D eigenvalue weighted by Gasteiger charge is 2.31. The van der Waals surface area contributed by atoms with Gasteiger partial charge in [-0.15, -0.1) is 0 Å². The van der Waals surface area contributed by atoms with Crippen molar-refractivity contribution in [3.63, 3.8) is 0 Å². The zero-order valence-electron chi connectivity index (χ0n) is 10.3. The molecular weight excluding hydrogens is 224 g/mol. The molecule has 6 heteroatoms. The van der Waals surface area contributed by atoms with Crippen LogP contribution in [0.4, 0.5) is 4.79 Å². The van der Waals surface area contributed by atoms with Gasteiger partial charge >= 0.3 is 12.0 Å². The molecule has 0 aromatic rings. The van der Waals surface area contributed by atoms with E-state index in [1.54, 1.807) is 4.90 Å². The molecule has 0 radical (unpaired) electrons. The third-order valence-electron chi connectivity index (χ3n) is 2.77. The summed E-state index contributed by atoms with van der Waals surface area (Å²) in [6.45, 7) is 5.64. The number of hydrogen-bond acceptors (Lipinski definition) is 3. The molecule has 0 aromatic heterocycles. The standard InChI is InChI=1S/C11H20N2O4/c1-3-17-7-8(2)12-11(16)13-5-4-9(6-13)10(14)15/h8-9H,3-7H2,1-2H3,(H,12,16)(H,14,15)/t8-,9?/m0/s1. The summed E-state index contributed by atoms with van der Waals surface area (Å²) in [5.41, 5.74) is 0. The number of nitrogens with one attached hydrogen (secondary N) is 1. The number of carboxylic acids is 1. The molecule has 6 nitrogen and oxygen atoms in total. The number of rotatable bonds is 5. The molecule has 1 aliphatic rings. The number of nitrogens with zero attached hydrogens (tertiary/aromatic N) is 1. The van der Waals surface area contributed by atoms with Crippen LogP contribution in [0.3, 0.4) is 0 Å². The Bertz CT molecular complexity index is 283. The van der Waals surface area contributed by atoms with Gasteiger partial charge in [-0.2, -0.15) is 0 Å². The smallest absolute Gasteiger partial charge is 0.317 e. The van der Waals surface area contributed by atoms with Gasteiger partial charge in [0.2, 0.25) is 0 Å². The molecule has 1 heterocycles. The largest absolute Gasteiger partial charge is 0.481 e. The van der Waals surface area contributed by atoms with E-state index in [1.807, 2.05) is 13.8 Å². The first-order valence-electron chi connectivity index (χ1n) is 5.90. The summed E-state index contributed by atoms with van der Waals surface area (Å²) in [5, 5.41) is 11.6. The number of carboxylic acid groups (broad SMARTS) is 1. The molecule has 1 fully saturated rings. The molecule has 17 heavy (non-hydrogen) atoms. The molecule has 0 bridgehead atoms. The maximum Gasteiger partial charge on any atom is 0.317 e. The van der Waals surface area contributed by atoms with Crippen molar-refractivity contribution in [3.8, 4) is 0 Å². The maximum absolute atomic E-state index is 11.8. The van der Waals surface area contributed by atoms with Crippen LogP contribution in [0.25, 0.3) is 0 Å². The molecule has 98 valence electrons. The molecule has 1 unspecified atom stereocenters. The molecule has 0 spiro atoms. The van der Waals surface area contributed by atoms with Gasteiger partial charge in [0, 0.05) is 19.7 Å². The normalized spacial score (nSPS) is 21.3. The lowest BCUT2D eigenvalue weighted by molar-refractivity contribution is -0.141. The lowest BCUT2D eigenvalue weighted by Gasteiger charge is -2.20. The molecule has 2 atom stereocenters. The van der Waals surface area contributed by atoms with E-state index in [4.69, 9.17) is 9.84 Å². The number of carbonyl (C=O) groups excluding carboxylic acids is 1. The third kappa shape index (κ3) is 4.22. The lowest BCUT2D eigenvalue weighted by Crippen LogP contribution is -2.44. The Kier molecular flexibility index (Phi) is 5.21. The quantitative estimate of drug-likeness (QED) is 0.739. The number of hydrogen-bond donors (Lipinski definition) is 2. The predicted molar refractivity (Wildman–Crippen MR) is 61.8 cm³/mol. The molecule has 1 aliphatic heterocycles. The predicted octanol–water partition coefficient (Wildman–Crippen LogP) is 0.527. The van der Waals surface area contributed by atoms with E-state index in [9.17, 15) is 9.59 Å². The van der Waals surface area contributed by atoms with Gasteiger partial charge < -0.3 is 20.1 Å². The van der Waals surface area contributed by atoms with E-state index in [2.05, 4.69) is 5.32 Å². The summed E-state index contributed by atoms with van der Waals surface area (Å²) in [6.07, 6.45) is 0.530. The van der Waals surface area contributed by atoms with Gasteiger partial charge in [-0.3, -0.25) is 4.79 Å². The number of aliphatic carboxylic acids is 1. The number of ether oxygens (including phenoxy) is 1. The molecular formula is C11H20N2O4. The van der Waals surface area contributed by atoms with Gasteiger partial charge in [-0.05, 0) is 20.3 Å². The van der Waals surface area contributed by atoms with Crippen LogP contribution in [0.2, 0.25) is 0 Å². The molecule has 1 rings (SSSR count). The average Bonchev–Trinajstić information content (AvgIpc) is 2.75. The topological polar surface area (TPSA) is 78.9 Å². The fourth-order valence-electron chi connectivity index (χ4n) is 1.78. The van der Waals surface area contributed by atoms with E-state index >= 15 is 0 Å². The Morgan fingerprint density at radius 3 is 2.82 bits per heavy atom. The molecule has 0 aromatic carbocycles. The van der Waals surface area contributed by atoms with Crippen LogP contribution in [0.5, 0.6) is 0 Å². The maximum atomic E-state index is 11.8. The van der Waals surface area contributed by atoms with Gasteiger partial charge in [0.05, 0.1) is 18.6 Å². The monoisotopic (exact) mass is 244 g/mol. The minimum Gasteiger partial charge on any atom is -0.481 e. The zero-order valence-corrected chi connectivity index (χ0v) is 10.3. The fourth-order valence-corrected chi connectivity index (χ4v) is 1.78. The first kappa shape index (κ1) is 13.8. The van der Waals surface area contributed by atoms with Crippen LogP contribution in [-0.2, 0) is 9.53 Å². The van der Waals surface area contributed by atoms with Crippen molar-refractivity contribution in [2.75, 3.05) is 26.3 Å². The lowest BCUT2D eigenvalue weighted by atomic mass is 10.1. The molecule has 0 saturated carbocycles. The first-order valence-corrected chi connectivity index (χ1v) is 5.90. The van der Waals surface area contributed by atoms with Gasteiger partial charge in [0.25, 0.3) is 0 Å². The summed E-state index contributed by atoms with van der Waals surface area (Å²) in [5.74, 6) is -1.26. The van der Waals surface area contributed by atoms with Crippen molar-refractivity contribution in [1.82, 2.24) is 10.2 Å². The van der Waals surface area contributed by atoms with Crippen LogP contribution in [-0.4, -0.2) is 54.4 Å². The van der Waals surface area contributed by atoms with Gasteiger partial charge in [-0.1, -0.05) is 0 Å². The van der Waals surface area contributed by atoms with E-state index in [0.29, 0.717) is 32.7 Å². The second-order valence-electron chi connectivity index (χ2n) is 4.28. The van der Waals surface area contributed by atoms with Crippen molar-refractivity contribution in [1.29, 1.82) is 0 Å². The highest BCUT2D eigenvalue weighted by atomic mass is 16.5. The van der Waals surface area contributed by atoms with Crippen molar-refractivity contribution in [2.24, 2.45) is 5.92 Å². The SMILES string of the molecule is CCOC[C@H](C)NC(=O)N1CCC(C(=O)O)C1. The summed E-state index contributed by atoms with van der Waals surface area (Å²) in [4.78, 5) is 24.1. The minimum absolute atomic E-state index is 0.0636. The van der Waals surface area contributed by atoms with Gasteiger partial charge in [0.15, 0.2) is 0 Å². The second-order valence-corrected chi connectivity index (χ2v) is 4.28. The Balaban J connectivity index is 2.31. The molecule has 2 amide bonds. The van der Waals surface area contributed by atoms with Crippen LogP contribution in [0, 0.1) is 5.92 Å². The van der Waals surface area contributed by atoms with Crippen molar-refractivity contribution in [3.05, 3.63) is 0 Å². The Hall–Kier alpha value is -1.30. The molecule has 0 aliphatic carbocycles. The van der Waals surface area contributed by atoms with Crippen LogP contribution >= 0.6 is 0 Å². The minimum atomic E-state index is -0.831. The highest BCUT2D eigenvalue weighted by molar-refractivity contribution is 5.77. The number of urea groups is 1. The first-order chi connectivity index (χ1) is 8.04. The van der Waals surface area contributed by atoms with Crippen LogP contribution < -0.4 is 5.32 Å². The van der Waals surface area contributed by atoms with Crippen molar-refractivity contribution >= 4 is 12.0 Å². The number of amides is 2. The number of carbonyl (C=O) groups is 2. The van der Waals surface area contributed by atoms with Crippen LogP contribution in [0.1, 0.15) is 20.3 Å². The van der Waals surface area contributed by atoms with Crippen LogP contribution in [0.15, 0.2) is 0 Å². The van der Waals surface area contributed by atoms with Crippen molar-refractivity contribution in [2.45, 2.75) is 26.3 Å². The third-order valence-corrected chi connectivity index (χ3v) is 2.77. The Morgan fingerprint density at radius 2 is 2.29 bits per heavy atom. The molecule has 1 saturated heterocycles. The summed E-state index contributed by atoms with van der Waals surface area (Å²) in [6, 6.07) is -0.271. The Labute approximate surface area is 101 Å². The zero-order chi connectivity index (χ0) is 12.8. The van der Waals surface area contributed by atoms with E-state index in [0.717, 1.165) is 0 Å². The highest BCUT2D eigenvalue weighted by Crippen LogP contribution is 2.16. The van der Waals surface area contributed by atoms with E-state index < -0.39 is 11.9 Å². The van der Waals surface area contributed by atoms with Gasteiger partial charge in [0.1, 0.15) is 0 Å².